The molecular formula is C21H32IN5S. The van der Waals surface area contributed by atoms with Crippen molar-refractivity contribution in [2.75, 3.05) is 51.2 Å². The molecule has 1 aliphatic rings. The third-order valence-electron chi connectivity index (χ3n) is 4.92. The molecule has 0 unspecified atom stereocenters. The molecule has 0 atom stereocenters. The van der Waals surface area contributed by atoms with Gasteiger partial charge in [0.2, 0.25) is 0 Å². The molecule has 0 saturated carbocycles. The van der Waals surface area contributed by atoms with Crippen molar-refractivity contribution in [3.05, 3.63) is 52.7 Å². The summed E-state index contributed by atoms with van der Waals surface area (Å²) < 4.78 is 0. The lowest BCUT2D eigenvalue weighted by Crippen LogP contribution is -2.46. The lowest BCUT2D eigenvalue weighted by Gasteiger charge is -2.36. The summed E-state index contributed by atoms with van der Waals surface area (Å²) in [7, 11) is 1.83. The molecule has 0 amide bonds. The summed E-state index contributed by atoms with van der Waals surface area (Å²) >= 11 is 1.77. The Morgan fingerprint density at radius 3 is 2.46 bits per heavy atom. The highest BCUT2D eigenvalue weighted by atomic mass is 127. The number of benzene rings is 1. The molecule has 7 heteroatoms. The van der Waals surface area contributed by atoms with Gasteiger partial charge in [0.25, 0.3) is 0 Å². The summed E-state index contributed by atoms with van der Waals surface area (Å²) in [5.74, 6) is 0.889. The number of anilines is 1. The van der Waals surface area contributed by atoms with Crippen LogP contribution in [0.4, 0.5) is 5.69 Å². The molecule has 0 aliphatic carbocycles. The van der Waals surface area contributed by atoms with E-state index in [1.165, 1.54) is 30.0 Å². The van der Waals surface area contributed by atoms with E-state index >= 15 is 0 Å². The van der Waals surface area contributed by atoms with Crippen LogP contribution in [-0.4, -0.2) is 57.2 Å². The number of aliphatic imine (C=N–C) groups is 1. The Bertz CT molecular complexity index is 669. The van der Waals surface area contributed by atoms with Crippen molar-refractivity contribution in [1.82, 2.24) is 15.5 Å². The third kappa shape index (κ3) is 7.60. The van der Waals surface area contributed by atoms with Crippen LogP contribution in [0.3, 0.4) is 0 Å². The van der Waals surface area contributed by atoms with Crippen molar-refractivity contribution < 1.29 is 0 Å². The number of guanidine groups is 1. The molecule has 154 valence electrons. The average molecular weight is 513 g/mol. The first kappa shape index (κ1) is 23.0. The summed E-state index contributed by atoms with van der Waals surface area (Å²) in [5.41, 5.74) is 1.35. The lowest BCUT2D eigenvalue weighted by atomic mass is 10.2. The Morgan fingerprint density at radius 2 is 1.79 bits per heavy atom. The number of para-hydroxylation sites is 1. The molecule has 3 rings (SSSR count). The second-order valence-electron chi connectivity index (χ2n) is 6.80. The lowest BCUT2D eigenvalue weighted by molar-refractivity contribution is 0.253. The molecule has 5 nitrogen and oxygen atoms in total. The van der Waals surface area contributed by atoms with E-state index in [2.05, 4.69) is 73.3 Å². The second kappa shape index (κ2) is 13.0. The smallest absolute Gasteiger partial charge is 0.191 e. The maximum absolute atomic E-state index is 4.30. The van der Waals surface area contributed by atoms with Crippen molar-refractivity contribution in [1.29, 1.82) is 0 Å². The van der Waals surface area contributed by atoms with Crippen molar-refractivity contribution >= 4 is 47.0 Å². The first-order valence-electron chi connectivity index (χ1n) is 9.84. The van der Waals surface area contributed by atoms with E-state index in [9.17, 15) is 0 Å². The Balaban J connectivity index is 0.00000280. The Kier molecular flexibility index (Phi) is 10.7. The number of nitrogens with one attached hydrogen (secondary N) is 2. The van der Waals surface area contributed by atoms with Crippen LogP contribution in [0.5, 0.6) is 0 Å². The number of hydrogen-bond donors (Lipinski definition) is 2. The SMILES string of the molecule is CN=C(NCCCCN1CCN(c2ccccc2)CC1)NCc1cccs1.I. The van der Waals surface area contributed by atoms with Crippen LogP contribution in [-0.2, 0) is 6.54 Å². The number of piperazine rings is 1. The molecule has 28 heavy (non-hydrogen) atoms. The summed E-state index contributed by atoms with van der Waals surface area (Å²) in [6.07, 6.45) is 2.39. The maximum Gasteiger partial charge on any atom is 0.191 e. The van der Waals surface area contributed by atoms with E-state index in [-0.39, 0.29) is 24.0 Å². The normalized spacial score (nSPS) is 15.2. The predicted octanol–water partition coefficient (Wildman–Crippen LogP) is 3.63. The zero-order valence-electron chi connectivity index (χ0n) is 16.6. The molecule has 1 aromatic heterocycles. The average Bonchev–Trinajstić information content (AvgIpc) is 3.25. The third-order valence-corrected chi connectivity index (χ3v) is 5.80. The zero-order valence-corrected chi connectivity index (χ0v) is 19.8. The van der Waals surface area contributed by atoms with Gasteiger partial charge < -0.3 is 15.5 Å². The van der Waals surface area contributed by atoms with Crippen LogP contribution in [0, 0.1) is 0 Å². The monoisotopic (exact) mass is 513 g/mol. The minimum atomic E-state index is 0. The molecule has 1 fully saturated rings. The number of hydrogen-bond acceptors (Lipinski definition) is 4. The molecule has 1 saturated heterocycles. The van der Waals surface area contributed by atoms with Gasteiger partial charge in [0, 0.05) is 50.3 Å². The van der Waals surface area contributed by atoms with Crippen LogP contribution in [0.15, 0.2) is 52.8 Å². The highest BCUT2D eigenvalue weighted by molar-refractivity contribution is 14.0. The highest BCUT2D eigenvalue weighted by Gasteiger charge is 2.16. The van der Waals surface area contributed by atoms with E-state index in [1.807, 2.05) is 7.05 Å². The molecular weight excluding hydrogens is 481 g/mol. The fraction of sp³-hybridized carbons (Fsp3) is 0.476. The van der Waals surface area contributed by atoms with Crippen LogP contribution in [0.2, 0.25) is 0 Å². The summed E-state index contributed by atoms with van der Waals surface area (Å²) in [6.45, 7) is 7.56. The van der Waals surface area contributed by atoms with Gasteiger partial charge in [0.05, 0.1) is 6.54 Å². The maximum atomic E-state index is 4.30. The fourth-order valence-electron chi connectivity index (χ4n) is 3.34. The van der Waals surface area contributed by atoms with Gasteiger partial charge in [0.15, 0.2) is 5.96 Å². The standard InChI is InChI=1S/C21H31N5S.HI/c1-22-21(24-18-20-10-7-17-27-20)23-11-5-6-12-25-13-15-26(16-14-25)19-8-3-2-4-9-19;/h2-4,7-10,17H,5-6,11-16,18H2,1H3,(H2,22,23,24);1H. The number of rotatable bonds is 8. The Morgan fingerprint density at radius 1 is 1.00 bits per heavy atom. The van der Waals surface area contributed by atoms with E-state index in [0.29, 0.717) is 0 Å². The minimum absolute atomic E-state index is 0. The molecule has 1 aromatic carbocycles. The van der Waals surface area contributed by atoms with Crippen molar-refractivity contribution in [3.8, 4) is 0 Å². The van der Waals surface area contributed by atoms with Gasteiger partial charge in [-0.1, -0.05) is 24.3 Å². The molecule has 2 heterocycles. The summed E-state index contributed by atoms with van der Waals surface area (Å²) in [4.78, 5) is 10.7. The van der Waals surface area contributed by atoms with Crippen LogP contribution >= 0.6 is 35.3 Å². The minimum Gasteiger partial charge on any atom is -0.369 e. The van der Waals surface area contributed by atoms with Gasteiger partial charge in [-0.15, -0.1) is 35.3 Å². The van der Waals surface area contributed by atoms with Crippen LogP contribution < -0.4 is 15.5 Å². The van der Waals surface area contributed by atoms with E-state index in [0.717, 1.165) is 45.2 Å². The van der Waals surface area contributed by atoms with E-state index in [4.69, 9.17) is 0 Å². The largest absolute Gasteiger partial charge is 0.369 e. The van der Waals surface area contributed by atoms with Crippen molar-refractivity contribution in [2.45, 2.75) is 19.4 Å². The molecule has 0 bridgehead atoms. The first-order chi connectivity index (χ1) is 13.3. The first-order valence-corrected chi connectivity index (χ1v) is 10.7. The molecule has 0 radical (unpaired) electrons. The Labute approximate surface area is 190 Å². The van der Waals surface area contributed by atoms with Gasteiger partial charge in [-0.05, 0) is 43.0 Å². The van der Waals surface area contributed by atoms with Crippen molar-refractivity contribution in [2.24, 2.45) is 4.99 Å². The van der Waals surface area contributed by atoms with Gasteiger partial charge in [0.1, 0.15) is 0 Å². The van der Waals surface area contributed by atoms with Gasteiger partial charge in [-0.3, -0.25) is 9.89 Å². The van der Waals surface area contributed by atoms with Crippen molar-refractivity contribution in [3.63, 3.8) is 0 Å². The Hall–Kier alpha value is -1.32. The summed E-state index contributed by atoms with van der Waals surface area (Å²) in [5, 5.41) is 8.88. The van der Waals surface area contributed by atoms with E-state index in [1.54, 1.807) is 11.3 Å². The highest BCUT2D eigenvalue weighted by Crippen LogP contribution is 2.15. The second-order valence-corrected chi connectivity index (χ2v) is 7.84. The topological polar surface area (TPSA) is 42.9 Å². The molecule has 1 aliphatic heterocycles. The van der Waals surface area contributed by atoms with Crippen LogP contribution in [0.25, 0.3) is 0 Å². The molecule has 0 spiro atoms. The van der Waals surface area contributed by atoms with E-state index < -0.39 is 0 Å². The van der Waals surface area contributed by atoms with Gasteiger partial charge >= 0.3 is 0 Å². The zero-order chi connectivity index (χ0) is 18.7. The number of unbranched alkanes of at least 4 members (excludes halogenated alkanes) is 1. The number of thiophene rings is 1. The number of nitrogens with zero attached hydrogens (tertiary/aromatic N) is 3. The fourth-order valence-corrected chi connectivity index (χ4v) is 3.98. The number of halogens is 1. The molecule has 2 N–H and O–H groups in total. The quantitative estimate of drug-likeness (QED) is 0.245. The van der Waals surface area contributed by atoms with Gasteiger partial charge in [-0.25, -0.2) is 0 Å². The summed E-state index contributed by atoms with van der Waals surface area (Å²) in [6, 6.07) is 15.0. The van der Waals surface area contributed by atoms with Gasteiger partial charge in [-0.2, -0.15) is 0 Å². The molecule has 2 aromatic rings. The predicted molar refractivity (Wildman–Crippen MR) is 132 cm³/mol. The van der Waals surface area contributed by atoms with Crippen LogP contribution in [0.1, 0.15) is 17.7 Å².